The van der Waals surface area contributed by atoms with Gasteiger partial charge in [0.2, 0.25) is 11.8 Å². The molecule has 1 aromatic carbocycles. The van der Waals surface area contributed by atoms with E-state index in [9.17, 15) is 28.8 Å². The Labute approximate surface area is 254 Å². The number of aryl methyl sites for hydroxylation is 1. The summed E-state index contributed by atoms with van der Waals surface area (Å²) in [5.41, 5.74) is 0.757. The van der Waals surface area contributed by atoms with E-state index in [-0.39, 0.29) is 35.7 Å². The van der Waals surface area contributed by atoms with Gasteiger partial charge in [0.1, 0.15) is 35.2 Å². The molecule has 0 spiro atoms. The molecule has 2 aliphatic rings. The summed E-state index contributed by atoms with van der Waals surface area (Å²) in [5, 5.41) is 2.85. The van der Waals surface area contributed by atoms with Crippen molar-refractivity contribution in [2.45, 2.75) is 129 Å². The van der Waals surface area contributed by atoms with Gasteiger partial charge in [0.05, 0.1) is 6.04 Å². The van der Waals surface area contributed by atoms with Gasteiger partial charge in [-0.3, -0.25) is 28.9 Å². The molecule has 2 saturated heterocycles. The molecule has 2 aliphatic heterocycles. The number of nitrogens with zero attached hydrogens (tertiary/aromatic N) is 2. The molecule has 0 bridgehead atoms. The lowest BCUT2D eigenvalue weighted by molar-refractivity contribution is -0.144. The van der Waals surface area contributed by atoms with Gasteiger partial charge in [-0.2, -0.15) is 0 Å². The summed E-state index contributed by atoms with van der Waals surface area (Å²) in [4.78, 5) is 80.0. The van der Waals surface area contributed by atoms with Crippen LogP contribution in [0.2, 0.25) is 0 Å². The maximum absolute atomic E-state index is 13.9. The zero-order valence-corrected chi connectivity index (χ0v) is 26.6. The Balaban J connectivity index is 1.69. The minimum Gasteiger partial charge on any atom is -0.444 e. The Morgan fingerprint density at radius 1 is 1.02 bits per heavy atom. The molecule has 1 N–H and O–H groups in total. The molecule has 1 aromatic rings. The lowest BCUT2D eigenvalue weighted by atomic mass is 9.90. The van der Waals surface area contributed by atoms with Crippen LogP contribution < -0.4 is 5.32 Å². The third-order valence-electron chi connectivity index (χ3n) is 8.42. The number of ketones is 3. The number of fused-ring (bicyclic) bond motifs is 1. The number of benzene rings is 1. The molecule has 236 valence electrons. The fourth-order valence-electron chi connectivity index (χ4n) is 6.06. The first-order chi connectivity index (χ1) is 20.1. The lowest BCUT2D eigenvalue weighted by Gasteiger charge is -2.36. The number of carbonyl (C=O) groups is 6. The molecule has 3 rings (SSSR count). The van der Waals surface area contributed by atoms with E-state index in [0.717, 1.165) is 31.2 Å². The van der Waals surface area contributed by atoms with Gasteiger partial charge in [-0.05, 0) is 84.8 Å². The standard InChI is InChI=1S/C33H47N3O7/c1-20(35(7)32(42)43-33(4,5)6)30(40)34-26-14-9-8-13-25-16-17-27(36(25)31(26)41)28(39)18-15-23-11-10-12-24(19-23)29(21(2)37)22(3)38/h10-12,19-20,25-27,29H,8-9,13-18H2,1-7H3,(H,34,40)/t20-,25-,26-,27-/m0/s1. The number of rotatable bonds is 10. The molecule has 43 heavy (non-hydrogen) atoms. The van der Waals surface area contributed by atoms with Gasteiger partial charge < -0.3 is 15.0 Å². The second-order valence-electron chi connectivity index (χ2n) is 13.0. The van der Waals surface area contributed by atoms with Crippen LogP contribution in [0, 0.1) is 0 Å². The van der Waals surface area contributed by atoms with Gasteiger partial charge in [-0.15, -0.1) is 0 Å². The van der Waals surface area contributed by atoms with E-state index in [1.165, 1.54) is 25.8 Å². The third-order valence-corrected chi connectivity index (χ3v) is 8.42. The molecule has 0 aliphatic carbocycles. The number of hydrogen-bond acceptors (Lipinski definition) is 7. The zero-order chi connectivity index (χ0) is 32.1. The number of Topliss-reactive ketones (excluding diaryl/α,β-unsaturated/α-hetero) is 3. The van der Waals surface area contributed by atoms with Gasteiger partial charge in [0.15, 0.2) is 5.78 Å². The molecule has 0 aromatic heterocycles. The summed E-state index contributed by atoms with van der Waals surface area (Å²) in [6.45, 7) is 9.62. The van der Waals surface area contributed by atoms with Crippen molar-refractivity contribution in [3.05, 3.63) is 35.4 Å². The fraction of sp³-hybridized carbons (Fsp3) is 0.636. The quantitative estimate of drug-likeness (QED) is 0.402. The van der Waals surface area contributed by atoms with Crippen LogP contribution in [-0.4, -0.2) is 81.9 Å². The number of carbonyl (C=O) groups excluding carboxylic acids is 6. The number of amides is 3. The second kappa shape index (κ2) is 14.3. The summed E-state index contributed by atoms with van der Waals surface area (Å²) in [6.07, 6.45) is 4.23. The monoisotopic (exact) mass is 597 g/mol. The Hall–Kier alpha value is -3.56. The van der Waals surface area contributed by atoms with Crippen molar-refractivity contribution in [1.82, 2.24) is 15.1 Å². The van der Waals surface area contributed by atoms with Crippen molar-refractivity contribution in [2.75, 3.05) is 7.05 Å². The second-order valence-corrected chi connectivity index (χ2v) is 13.0. The Morgan fingerprint density at radius 2 is 1.67 bits per heavy atom. The third kappa shape index (κ3) is 8.74. The fourth-order valence-corrected chi connectivity index (χ4v) is 6.06. The maximum Gasteiger partial charge on any atom is 0.410 e. The van der Waals surface area contributed by atoms with Crippen molar-refractivity contribution >= 4 is 35.3 Å². The van der Waals surface area contributed by atoms with E-state index in [1.54, 1.807) is 50.8 Å². The molecule has 3 amide bonds. The largest absolute Gasteiger partial charge is 0.444 e. The number of ether oxygens (including phenoxy) is 1. The molecular formula is C33H47N3O7. The highest BCUT2D eigenvalue weighted by molar-refractivity contribution is 6.05. The van der Waals surface area contributed by atoms with E-state index in [1.807, 2.05) is 6.07 Å². The predicted octanol–water partition coefficient (Wildman–Crippen LogP) is 4.12. The highest BCUT2D eigenvalue weighted by atomic mass is 16.6. The predicted molar refractivity (Wildman–Crippen MR) is 161 cm³/mol. The van der Waals surface area contributed by atoms with Gasteiger partial charge in [-0.25, -0.2) is 4.79 Å². The number of nitrogens with one attached hydrogen (secondary N) is 1. The first-order valence-corrected chi connectivity index (χ1v) is 15.3. The molecule has 0 saturated carbocycles. The van der Waals surface area contributed by atoms with Crippen LogP contribution in [0.5, 0.6) is 0 Å². The smallest absolute Gasteiger partial charge is 0.410 e. The molecule has 2 heterocycles. The zero-order valence-electron chi connectivity index (χ0n) is 26.6. The van der Waals surface area contributed by atoms with E-state index in [2.05, 4.69) is 5.32 Å². The minimum atomic E-state index is -0.860. The van der Waals surface area contributed by atoms with Gasteiger partial charge in [0.25, 0.3) is 0 Å². The average molecular weight is 598 g/mol. The Morgan fingerprint density at radius 3 is 2.30 bits per heavy atom. The normalized spacial score (nSPS) is 21.3. The lowest BCUT2D eigenvalue weighted by Crippen LogP contribution is -2.57. The first kappa shape index (κ1) is 33.9. The highest BCUT2D eigenvalue weighted by Crippen LogP contribution is 2.32. The molecule has 4 atom stereocenters. The molecule has 2 fully saturated rings. The SMILES string of the molecule is CC(=O)C(C(C)=O)c1cccc(CCC(=O)[C@@H]2CC[C@@H]3CCCC[C@H](NC(=O)[C@H](C)N(C)C(=O)OC(C)(C)C)C(=O)N32)c1. The molecule has 0 unspecified atom stereocenters. The van der Waals surface area contributed by atoms with Gasteiger partial charge in [-0.1, -0.05) is 37.1 Å². The van der Waals surface area contributed by atoms with Crippen LogP contribution in [-0.2, 0) is 35.1 Å². The number of likely N-dealkylation sites (N-methyl/N-ethyl adjacent to an activating group) is 1. The highest BCUT2D eigenvalue weighted by Gasteiger charge is 2.44. The molecule has 10 heteroatoms. The molecular weight excluding hydrogens is 550 g/mol. The summed E-state index contributed by atoms with van der Waals surface area (Å²) in [6, 6.07) is 4.94. The first-order valence-electron chi connectivity index (χ1n) is 15.3. The summed E-state index contributed by atoms with van der Waals surface area (Å²) < 4.78 is 5.37. The van der Waals surface area contributed by atoms with E-state index >= 15 is 0 Å². The van der Waals surface area contributed by atoms with Crippen LogP contribution in [0.15, 0.2) is 24.3 Å². The Bertz CT molecular complexity index is 1220. The molecule has 10 nitrogen and oxygen atoms in total. The van der Waals surface area contributed by atoms with Crippen LogP contribution >= 0.6 is 0 Å². The Kier molecular flexibility index (Phi) is 11.3. The topological polar surface area (TPSA) is 130 Å². The maximum atomic E-state index is 13.9. The van der Waals surface area contributed by atoms with Crippen molar-refractivity contribution in [2.24, 2.45) is 0 Å². The van der Waals surface area contributed by atoms with Crippen LogP contribution in [0.3, 0.4) is 0 Å². The van der Waals surface area contributed by atoms with Gasteiger partial charge >= 0.3 is 6.09 Å². The van der Waals surface area contributed by atoms with Crippen LogP contribution in [0.25, 0.3) is 0 Å². The summed E-state index contributed by atoms with van der Waals surface area (Å²) >= 11 is 0. The summed E-state index contributed by atoms with van der Waals surface area (Å²) in [5.74, 6) is -2.01. The van der Waals surface area contributed by atoms with Crippen LogP contribution in [0.4, 0.5) is 4.79 Å². The number of hydrogen-bond donors (Lipinski definition) is 1. The van der Waals surface area contributed by atoms with Crippen molar-refractivity contribution in [3.63, 3.8) is 0 Å². The summed E-state index contributed by atoms with van der Waals surface area (Å²) in [7, 11) is 1.49. The van der Waals surface area contributed by atoms with Crippen molar-refractivity contribution in [1.29, 1.82) is 0 Å². The van der Waals surface area contributed by atoms with E-state index in [4.69, 9.17) is 4.74 Å². The average Bonchev–Trinajstić information content (AvgIpc) is 3.33. The molecule has 0 radical (unpaired) electrons. The van der Waals surface area contributed by atoms with Crippen LogP contribution in [0.1, 0.15) is 104 Å². The van der Waals surface area contributed by atoms with E-state index in [0.29, 0.717) is 24.8 Å². The minimum absolute atomic E-state index is 0.0420. The van der Waals surface area contributed by atoms with Gasteiger partial charge in [0, 0.05) is 19.5 Å². The van der Waals surface area contributed by atoms with E-state index < -0.39 is 41.6 Å². The van der Waals surface area contributed by atoms with Crippen molar-refractivity contribution < 1.29 is 33.5 Å². The van der Waals surface area contributed by atoms with Crippen molar-refractivity contribution in [3.8, 4) is 0 Å².